The highest BCUT2D eigenvalue weighted by molar-refractivity contribution is 9.10. The molecule has 0 saturated carbocycles. The number of aliphatic hydroxyl groups excluding tert-OH is 1. The molecule has 0 aromatic heterocycles. The van der Waals surface area contributed by atoms with Gasteiger partial charge in [-0.2, -0.15) is 0 Å². The molecule has 1 atom stereocenters. The summed E-state index contributed by atoms with van der Waals surface area (Å²) < 4.78 is 0.816. The van der Waals surface area contributed by atoms with Crippen molar-refractivity contribution in [2.24, 2.45) is 5.73 Å². The van der Waals surface area contributed by atoms with Crippen molar-refractivity contribution in [3.63, 3.8) is 0 Å². The molecule has 0 fully saturated rings. The Labute approximate surface area is 103 Å². The number of likely N-dealkylation sites (N-methyl/N-ethyl adjacent to an activating group) is 1. The summed E-state index contributed by atoms with van der Waals surface area (Å²) in [5.41, 5.74) is 6.80. The number of amides is 1. The number of primary amides is 1. The number of nitrogens with two attached hydrogens (primary N) is 1. The van der Waals surface area contributed by atoms with Gasteiger partial charge in [0.25, 0.3) is 0 Å². The van der Waals surface area contributed by atoms with Crippen LogP contribution in [0.15, 0.2) is 22.7 Å². The maximum absolute atomic E-state index is 10.8. The highest BCUT2D eigenvalue weighted by Crippen LogP contribution is 2.27. The minimum Gasteiger partial charge on any atom is -0.389 e. The Kier molecular flexibility index (Phi) is 4.32. The maximum Gasteiger partial charge on any atom is 0.236 e. The van der Waals surface area contributed by atoms with Crippen LogP contribution in [0.5, 0.6) is 0 Å². The molecular formula is C11H15BrN2O2. The zero-order valence-corrected chi connectivity index (χ0v) is 10.9. The molecule has 0 aliphatic rings. The van der Waals surface area contributed by atoms with Gasteiger partial charge >= 0.3 is 0 Å². The van der Waals surface area contributed by atoms with Gasteiger partial charge in [-0.15, -0.1) is 0 Å². The summed E-state index contributed by atoms with van der Waals surface area (Å²) in [7, 11) is 1.79. The topological polar surface area (TPSA) is 66.6 Å². The summed E-state index contributed by atoms with van der Waals surface area (Å²) in [5, 5.41) is 9.46. The summed E-state index contributed by atoms with van der Waals surface area (Å²) in [4.78, 5) is 12.5. The number of aliphatic hydroxyl groups is 1. The molecule has 0 saturated heterocycles. The fourth-order valence-corrected chi connectivity index (χ4v) is 2.12. The Hall–Kier alpha value is -1.07. The molecular weight excluding hydrogens is 272 g/mol. The van der Waals surface area contributed by atoms with Gasteiger partial charge < -0.3 is 15.7 Å². The Morgan fingerprint density at radius 1 is 1.62 bits per heavy atom. The van der Waals surface area contributed by atoms with E-state index in [0.29, 0.717) is 0 Å². The van der Waals surface area contributed by atoms with Gasteiger partial charge in [-0.1, -0.05) is 22.0 Å². The van der Waals surface area contributed by atoms with Gasteiger partial charge in [-0.3, -0.25) is 4.79 Å². The van der Waals surface area contributed by atoms with Crippen molar-refractivity contribution in [3.05, 3.63) is 28.2 Å². The van der Waals surface area contributed by atoms with Gasteiger partial charge in [-0.25, -0.2) is 0 Å². The van der Waals surface area contributed by atoms with Crippen LogP contribution in [0.25, 0.3) is 0 Å². The molecule has 1 unspecified atom stereocenters. The van der Waals surface area contributed by atoms with Crippen LogP contribution >= 0.6 is 15.9 Å². The van der Waals surface area contributed by atoms with E-state index in [2.05, 4.69) is 15.9 Å². The van der Waals surface area contributed by atoms with Gasteiger partial charge in [0.1, 0.15) is 0 Å². The first-order valence-electron chi connectivity index (χ1n) is 4.88. The minimum absolute atomic E-state index is 0.167. The molecule has 1 amide bonds. The number of hydrogen-bond acceptors (Lipinski definition) is 3. The molecule has 3 N–H and O–H groups in total. The smallest absolute Gasteiger partial charge is 0.236 e. The van der Waals surface area contributed by atoms with E-state index in [1.165, 1.54) is 0 Å². The zero-order valence-electron chi connectivity index (χ0n) is 9.27. The number of rotatable bonds is 4. The molecule has 5 heteroatoms. The molecule has 16 heavy (non-hydrogen) atoms. The van der Waals surface area contributed by atoms with E-state index in [1.54, 1.807) is 18.9 Å². The van der Waals surface area contributed by atoms with Gasteiger partial charge in [0, 0.05) is 17.2 Å². The molecule has 1 rings (SSSR count). The highest BCUT2D eigenvalue weighted by atomic mass is 79.9. The van der Waals surface area contributed by atoms with E-state index in [9.17, 15) is 9.90 Å². The predicted molar refractivity (Wildman–Crippen MR) is 67.2 cm³/mol. The lowest BCUT2D eigenvalue weighted by atomic mass is 10.1. The van der Waals surface area contributed by atoms with Gasteiger partial charge in [0.2, 0.25) is 5.91 Å². The molecule has 88 valence electrons. The van der Waals surface area contributed by atoms with E-state index in [1.807, 2.05) is 18.2 Å². The summed E-state index contributed by atoms with van der Waals surface area (Å²) in [5.74, 6) is -0.377. The Morgan fingerprint density at radius 3 is 2.69 bits per heavy atom. The second-order valence-corrected chi connectivity index (χ2v) is 4.56. The standard InChI is InChI=1S/C11H15BrN2O2/c1-7(15)9-4-3-8(5-10(9)12)14(2)6-11(13)16/h3-5,7,15H,6H2,1-2H3,(H2,13,16). The molecule has 4 nitrogen and oxygen atoms in total. The summed E-state index contributed by atoms with van der Waals surface area (Å²) in [6, 6.07) is 5.52. The second-order valence-electron chi connectivity index (χ2n) is 3.70. The highest BCUT2D eigenvalue weighted by Gasteiger charge is 2.09. The van der Waals surface area contributed by atoms with E-state index in [4.69, 9.17) is 5.73 Å². The van der Waals surface area contributed by atoms with Crippen LogP contribution in [0.3, 0.4) is 0 Å². The fraction of sp³-hybridized carbons (Fsp3) is 0.364. The Balaban J connectivity index is 2.92. The van der Waals surface area contributed by atoms with Crippen molar-refractivity contribution in [2.45, 2.75) is 13.0 Å². The number of carbonyl (C=O) groups is 1. The van der Waals surface area contributed by atoms with Crippen LogP contribution in [-0.2, 0) is 4.79 Å². The minimum atomic E-state index is -0.523. The summed E-state index contributed by atoms with van der Waals surface area (Å²) in [6.45, 7) is 1.87. The van der Waals surface area contributed by atoms with Gasteiger partial charge in [-0.05, 0) is 24.6 Å². The number of halogens is 1. The van der Waals surface area contributed by atoms with Crippen LogP contribution in [0.2, 0.25) is 0 Å². The predicted octanol–water partition coefficient (Wildman–Crippen LogP) is 1.42. The normalized spacial score (nSPS) is 12.2. The maximum atomic E-state index is 10.8. The van der Waals surface area contributed by atoms with Crippen molar-refractivity contribution in [1.82, 2.24) is 0 Å². The van der Waals surface area contributed by atoms with Crippen LogP contribution in [-0.4, -0.2) is 24.6 Å². The van der Waals surface area contributed by atoms with Crippen molar-refractivity contribution >= 4 is 27.5 Å². The largest absolute Gasteiger partial charge is 0.389 e. The van der Waals surface area contributed by atoms with Crippen LogP contribution in [0.4, 0.5) is 5.69 Å². The van der Waals surface area contributed by atoms with E-state index in [-0.39, 0.29) is 12.5 Å². The van der Waals surface area contributed by atoms with Gasteiger partial charge in [0.15, 0.2) is 0 Å². The first-order chi connectivity index (χ1) is 7.41. The molecule has 0 radical (unpaired) electrons. The van der Waals surface area contributed by atoms with Gasteiger partial charge in [0.05, 0.1) is 12.6 Å². The average Bonchev–Trinajstić information content (AvgIpc) is 2.15. The summed E-state index contributed by atoms with van der Waals surface area (Å²) >= 11 is 3.38. The van der Waals surface area contributed by atoms with Crippen LogP contribution in [0.1, 0.15) is 18.6 Å². The lowest BCUT2D eigenvalue weighted by molar-refractivity contribution is -0.116. The van der Waals surface area contributed by atoms with E-state index >= 15 is 0 Å². The van der Waals surface area contributed by atoms with Crippen molar-refractivity contribution < 1.29 is 9.90 Å². The second kappa shape index (κ2) is 5.32. The SMILES string of the molecule is CC(O)c1ccc(N(C)CC(N)=O)cc1Br. The molecule has 0 aliphatic carbocycles. The number of hydrogen-bond donors (Lipinski definition) is 2. The quantitative estimate of drug-likeness (QED) is 0.880. The Morgan fingerprint density at radius 2 is 2.25 bits per heavy atom. The van der Waals surface area contributed by atoms with Crippen LogP contribution in [0, 0.1) is 0 Å². The molecule has 0 bridgehead atoms. The fourth-order valence-electron chi connectivity index (χ4n) is 1.42. The van der Waals surface area contributed by atoms with Crippen molar-refractivity contribution in [1.29, 1.82) is 0 Å². The third kappa shape index (κ3) is 3.21. The monoisotopic (exact) mass is 286 g/mol. The molecule has 0 heterocycles. The first kappa shape index (κ1) is 13.0. The number of benzene rings is 1. The van der Waals surface area contributed by atoms with Crippen molar-refractivity contribution in [2.75, 3.05) is 18.5 Å². The average molecular weight is 287 g/mol. The third-order valence-corrected chi connectivity index (χ3v) is 2.95. The lowest BCUT2D eigenvalue weighted by Gasteiger charge is -2.19. The third-order valence-electron chi connectivity index (χ3n) is 2.27. The first-order valence-corrected chi connectivity index (χ1v) is 5.68. The van der Waals surface area contributed by atoms with E-state index < -0.39 is 6.10 Å². The number of nitrogens with zero attached hydrogens (tertiary/aromatic N) is 1. The lowest BCUT2D eigenvalue weighted by Crippen LogP contribution is -2.30. The zero-order chi connectivity index (χ0) is 12.3. The van der Waals surface area contributed by atoms with E-state index in [0.717, 1.165) is 15.7 Å². The molecule has 1 aromatic carbocycles. The molecule has 0 spiro atoms. The molecule has 0 aliphatic heterocycles. The van der Waals surface area contributed by atoms with Crippen LogP contribution < -0.4 is 10.6 Å². The summed E-state index contributed by atoms with van der Waals surface area (Å²) in [6.07, 6.45) is -0.523. The van der Waals surface area contributed by atoms with Crippen molar-refractivity contribution in [3.8, 4) is 0 Å². The number of anilines is 1. The number of carbonyl (C=O) groups excluding carboxylic acids is 1. The molecule has 1 aromatic rings. The Bertz CT molecular complexity index is 394.